The molecule has 2 heterocycles. The molecule has 8 nitrogen and oxygen atoms in total. The lowest BCUT2D eigenvalue weighted by atomic mass is 10.3. The Kier molecular flexibility index (Phi) is 4.37. The van der Waals surface area contributed by atoms with Gasteiger partial charge in [0.05, 0.1) is 18.6 Å². The number of ether oxygens (including phenoxy) is 1. The monoisotopic (exact) mass is 386 g/mol. The topological polar surface area (TPSA) is 88.1 Å². The van der Waals surface area contributed by atoms with Gasteiger partial charge in [-0.1, -0.05) is 0 Å². The van der Waals surface area contributed by atoms with Crippen LogP contribution in [0, 0.1) is 5.82 Å². The average molecular weight is 386 g/mol. The van der Waals surface area contributed by atoms with Crippen molar-refractivity contribution in [2.75, 3.05) is 6.61 Å². The summed E-state index contributed by atoms with van der Waals surface area (Å²) < 4.78 is 22.3. The first-order chi connectivity index (χ1) is 13.4. The normalized spacial score (nSPS) is 15.0. The molecule has 4 rings (SSSR count). The molecular weight excluding hydrogens is 367 g/mol. The van der Waals surface area contributed by atoms with Crippen molar-refractivity contribution in [2.45, 2.75) is 38.8 Å². The van der Waals surface area contributed by atoms with Gasteiger partial charge in [0.25, 0.3) is 5.56 Å². The molecule has 0 radical (unpaired) electrons. The fraction of sp³-hybridized carbons (Fsp3) is 0.368. The Morgan fingerprint density at radius 1 is 1.29 bits per heavy atom. The van der Waals surface area contributed by atoms with Gasteiger partial charge >= 0.3 is 11.7 Å². The number of imidazole rings is 1. The van der Waals surface area contributed by atoms with Crippen molar-refractivity contribution >= 4 is 17.1 Å². The molecule has 0 N–H and O–H groups in total. The Balaban J connectivity index is 2.02. The van der Waals surface area contributed by atoms with E-state index in [1.54, 1.807) is 13.8 Å². The van der Waals surface area contributed by atoms with E-state index in [-0.39, 0.29) is 23.8 Å². The number of aromatic nitrogens is 4. The predicted molar refractivity (Wildman–Crippen MR) is 99.2 cm³/mol. The van der Waals surface area contributed by atoms with Crippen molar-refractivity contribution < 1.29 is 13.9 Å². The minimum Gasteiger partial charge on any atom is -0.464 e. The van der Waals surface area contributed by atoms with Gasteiger partial charge in [-0.25, -0.2) is 23.5 Å². The number of fused-ring (bicyclic) bond motifs is 1. The third-order valence-corrected chi connectivity index (χ3v) is 4.85. The second kappa shape index (κ2) is 6.74. The second-order valence-electron chi connectivity index (χ2n) is 6.75. The highest BCUT2D eigenvalue weighted by Gasteiger charge is 2.31. The number of hydrogen-bond acceptors (Lipinski definition) is 5. The van der Waals surface area contributed by atoms with Gasteiger partial charge in [0.1, 0.15) is 11.9 Å². The molecule has 0 spiro atoms. The smallest absolute Gasteiger partial charge is 0.337 e. The van der Waals surface area contributed by atoms with E-state index in [0.29, 0.717) is 5.69 Å². The van der Waals surface area contributed by atoms with Gasteiger partial charge in [0.2, 0.25) is 0 Å². The van der Waals surface area contributed by atoms with Gasteiger partial charge in [0, 0.05) is 6.04 Å². The quantitative estimate of drug-likeness (QED) is 0.626. The van der Waals surface area contributed by atoms with E-state index in [2.05, 4.69) is 4.98 Å². The van der Waals surface area contributed by atoms with Crippen LogP contribution < -0.4 is 11.2 Å². The zero-order chi connectivity index (χ0) is 20.0. The van der Waals surface area contributed by atoms with Crippen LogP contribution >= 0.6 is 0 Å². The van der Waals surface area contributed by atoms with Crippen molar-refractivity contribution in [3.8, 4) is 5.69 Å². The molecule has 1 aliphatic carbocycles. The Bertz CT molecular complexity index is 1170. The number of nitrogens with zero attached hydrogens (tertiary/aromatic N) is 4. The van der Waals surface area contributed by atoms with Gasteiger partial charge < -0.3 is 9.30 Å². The fourth-order valence-electron chi connectivity index (χ4n) is 3.27. The molecule has 146 valence electrons. The first-order valence-electron chi connectivity index (χ1n) is 9.10. The molecule has 0 aliphatic heterocycles. The molecule has 0 amide bonds. The summed E-state index contributed by atoms with van der Waals surface area (Å²) in [4.78, 5) is 42.6. The Morgan fingerprint density at radius 3 is 2.57 bits per heavy atom. The van der Waals surface area contributed by atoms with E-state index < -0.39 is 29.1 Å². The number of rotatable bonds is 5. The minimum absolute atomic E-state index is 0.120. The maximum Gasteiger partial charge on any atom is 0.337 e. The van der Waals surface area contributed by atoms with Crippen LogP contribution in [0.5, 0.6) is 0 Å². The zero-order valence-corrected chi connectivity index (χ0v) is 15.5. The predicted octanol–water partition coefficient (Wildman–Crippen LogP) is 1.95. The number of carbonyl (C=O) groups is 1. The Hall–Kier alpha value is -3.23. The van der Waals surface area contributed by atoms with E-state index in [1.807, 2.05) is 0 Å². The largest absolute Gasteiger partial charge is 0.464 e. The van der Waals surface area contributed by atoms with Crippen LogP contribution in [0.4, 0.5) is 4.39 Å². The Labute approximate surface area is 158 Å². The zero-order valence-electron chi connectivity index (χ0n) is 15.5. The summed E-state index contributed by atoms with van der Waals surface area (Å²) >= 11 is 0. The number of carbonyl (C=O) groups excluding carboxylic acids is 1. The summed E-state index contributed by atoms with van der Waals surface area (Å²) in [5.74, 6) is -0.941. The third-order valence-electron chi connectivity index (χ3n) is 4.85. The molecule has 9 heteroatoms. The third kappa shape index (κ3) is 2.83. The van der Waals surface area contributed by atoms with E-state index in [1.165, 1.54) is 44.3 Å². The first kappa shape index (κ1) is 18.1. The molecule has 28 heavy (non-hydrogen) atoms. The maximum atomic E-state index is 13.4. The number of halogens is 1. The summed E-state index contributed by atoms with van der Waals surface area (Å²) in [6.45, 7) is 3.51. The molecule has 0 saturated heterocycles. The standard InChI is InChI=1S/C19H19FN4O4/c1-3-28-18(26)11(2)22-10-21-16-15(22)17(25)24(14-8-9-14)19(27)23(16)13-6-4-12(20)5-7-13/h4-7,10-11,14H,3,8-9H2,1-2H3. The maximum absolute atomic E-state index is 13.4. The Morgan fingerprint density at radius 2 is 1.96 bits per heavy atom. The molecular formula is C19H19FN4O4. The van der Waals surface area contributed by atoms with Gasteiger partial charge in [-0.05, 0) is 51.0 Å². The number of esters is 1. The van der Waals surface area contributed by atoms with Crippen LogP contribution in [0.15, 0.2) is 40.2 Å². The highest BCUT2D eigenvalue weighted by Crippen LogP contribution is 2.32. The molecule has 1 unspecified atom stereocenters. The minimum atomic E-state index is -0.788. The van der Waals surface area contributed by atoms with Crippen molar-refractivity contribution in [1.82, 2.24) is 18.7 Å². The lowest BCUT2D eigenvalue weighted by Gasteiger charge is -2.15. The number of hydrogen-bond donors (Lipinski definition) is 0. The first-order valence-corrected chi connectivity index (χ1v) is 9.10. The van der Waals surface area contributed by atoms with E-state index >= 15 is 0 Å². The van der Waals surface area contributed by atoms with Crippen molar-refractivity contribution in [1.29, 1.82) is 0 Å². The molecule has 1 aliphatic rings. The van der Waals surface area contributed by atoms with Crippen LogP contribution in [0.2, 0.25) is 0 Å². The number of benzene rings is 1. The van der Waals surface area contributed by atoms with Crippen LogP contribution in [0.3, 0.4) is 0 Å². The molecule has 3 aromatic rings. The summed E-state index contributed by atoms with van der Waals surface area (Å²) in [6, 6.07) is 4.40. The van der Waals surface area contributed by atoms with Crippen molar-refractivity contribution in [3.63, 3.8) is 0 Å². The molecule has 0 bridgehead atoms. The van der Waals surface area contributed by atoms with Gasteiger partial charge in [-0.15, -0.1) is 0 Å². The molecule has 1 saturated carbocycles. The summed E-state index contributed by atoms with van der Waals surface area (Å²) in [6.07, 6.45) is 2.81. The SMILES string of the molecule is CCOC(=O)C(C)n1cnc2c1c(=O)n(C1CC1)c(=O)n2-c1ccc(F)cc1. The van der Waals surface area contributed by atoms with E-state index in [0.717, 1.165) is 12.8 Å². The van der Waals surface area contributed by atoms with Gasteiger partial charge in [0.15, 0.2) is 11.2 Å². The highest BCUT2D eigenvalue weighted by molar-refractivity contribution is 5.79. The average Bonchev–Trinajstić information content (AvgIpc) is 3.40. The van der Waals surface area contributed by atoms with E-state index in [9.17, 15) is 18.8 Å². The fourth-order valence-corrected chi connectivity index (χ4v) is 3.27. The highest BCUT2D eigenvalue weighted by atomic mass is 19.1. The molecule has 1 aromatic carbocycles. The van der Waals surface area contributed by atoms with Crippen LogP contribution in [-0.4, -0.2) is 31.3 Å². The lowest BCUT2D eigenvalue weighted by molar-refractivity contribution is -0.146. The summed E-state index contributed by atoms with van der Waals surface area (Å²) in [5, 5.41) is 0. The van der Waals surface area contributed by atoms with Crippen LogP contribution in [0.1, 0.15) is 38.8 Å². The lowest BCUT2D eigenvalue weighted by Crippen LogP contribution is -2.40. The van der Waals surface area contributed by atoms with Crippen molar-refractivity contribution in [2.24, 2.45) is 0 Å². The molecule has 1 fully saturated rings. The van der Waals surface area contributed by atoms with Gasteiger partial charge in [-0.2, -0.15) is 0 Å². The van der Waals surface area contributed by atoms with Crippen LogP contribution in [-0.2, 0) is 9.53 Å². The summed E-state index contributed by atoms with van der Waals surface area (Å²) in [5.41, 5.74) is -0.374. The molecule has 2 aromatic heterocycles. The van der Waals surface area contributed by atoms with Crippen molar-refractivity contribution in [3.05, 3.63) is 57.2 Å². The van der Waals surface area contributed by atoms with Crippen LogP contribution in [0.25, 0.3) is 16.9 Å². The van der Waals surface area contributed by atoms with E-state index in [4.69, 9.17) is 4.74 Å². The van der Waals surface area contributed by atoms with Gasteiger partial charge in [-0.3, -0.25) is 9.36 Å². The second-order valence-corrected chi connectivity index (χ2v) is 6.75. The summed E-state index contributed by atoms with van der Waals surface area (Å²) in [7, 11) is 0. The molecule has 1 atom stereocenters.